The number of methoxy groups -OCH3 is 1. The van der Waals surface area contributed by atoms with Crippen LogP contribution in [0.2, 0.25) is 0 Å². The van der Waals surface area contributed by atoms with Gasteiger partial charge in [-0.05, 0) is 44.5 Å². The maximum atomic E-state index is 5.79. The zero-order valence-electron chi connectivity index (χ0n) is 12.4. The van der Waals surface area contributed by atoms with Gasteiger partial charge in [-0.25, -0.2) is 0 Å². The molecule has 0 saturated heterocycles. The Morgan fingerprint density at radius 3 is 2.55 bits per heavy atom. The Morgan fingerprint density at radius 2 is 1.90 bits per heavy atom. The largest absolute Gasteiger partial charge is 0.496 e. The molecule has 0 spiro atoms. The molecule has 2 N–H and O–H groups in total. The third kappa shape index (κ3) is 2.85. The third-order valence-electron chi connectivity index (χ3n) is 3.37. The minimum Gasteiger partial charge on any atom is -0.496 e. The predicted octanol–water partition coefficient (Wildman–Crippen LogP) is 3.18. The van der Waals surface area contributed by atoms with Crippen molar-refractivity contribution in [3.8, 4) is 11.5 Å². The van der Waals surface area contributed by atoms with E-state index < -0.39 is 0 Å². The molecular formula is C16H20N2O2. The number of hydrogen-bond donors (Lipinski definition) is 1. The topological polar surface area (TPSA) is 57.4 Å². The lowest BCUT2D eigenvalue weighted by atomic mass is 10.1. The predicted molar refractivity (Wildman–Crippen MR) is 80.2 cm³/mol. The first-order valence-corrected chi connectivity index (χ1v) is 6.51. The summed E-state index contributed by atoms with van der Waals surface area (Å²) in [6, 6.07) is 5.64. The Hall–Kier alpha value is -2.23. The van der Waals surface area contributed by atoms with Crippen LogP contribution in [0, 0.1) is 20.8 Å². The molecule has 0 aliphatic rings. The molecule has 0 aliphatic carbocycles. The number of nitrogens with zero attached hydrogens (tertiary/aromatic N) is 1. The summed E-state index contributed by atoms with van der Waals surface area (Å²) < 4.78 is 11.2. The van der Waals surface area contributed by atoms with Crippen molar-refractivity contribution in [3.63, 3.8) is 0 Å². The first-order valence-electron chi connectivity index (χ1n) is 6.51. The van der Waals surface area contributed by atoms with E-state index >= 15 is 0 Å². The molecule has 2 rings (SSSR count). The van der Waals surface area contributed by atoms with Crippen LogP contribution >= 0.6 is 0 Å². The summed E-state index contributed by atoms with van der Waals surface area (Å²) >= 11 is 0. The van der Waals surface area contributed by atoms with Crippen LogP contribution in [0.1, 0.15) is 22.4 Å². The van der Waals surface area contributed by atoms with E-state index in [0.29, 0.717) is 6.61 Å². The lowest BCUT2D eigenvalue weighted by Gasteiger charge is -2.13. The van der Waals surface area contributed by atoms with Gasteiger partial charge in [-0.2, -0.15) is 0 Å². The normalized spacial score (nSPS) is 10.4. The van der Waals surface area contributed by atoms with Crippen molar-refractivity contribution in [2.24, 2.45) is 0 Å². The van der Waals surface area contributed by atoms with E-state index in [1.165, 1.54) is 0 Å². The summed E-state index contributed by atoms with van der Waals surface area (Å²) in [6.07, 6.45) is 1.80. The third-order valence-corrected chi connectivity index (χ3v) is 3.37. The first-order chi connectivity index (χ1) is 9.52. The Labute approximate surface area is 119 Å². The molecule has 4 heteroatoms. The average Bonchev–Trinajstić information content (AvgIpc) is 2.42. The van der Waals surface area contributed by atoms with Crippen molar-refractivity contribution in [1.82, 2.24) is 4.98 Å². The fourth-order valence-corrected chi connectivity index (χ4v) is 2.11. The highest BCUT2D eigenvalue weighted by molar-refractivity contribution is 5.49. The van der Waals surface area contributed by atoms with Crippen LogP contribution in [-0.2, 0) is 6.61 Å². The zero-order valence-corrected chi connectivity index (χ0v) is 12.4. The van der Waals surface area contributed by atoms with E-state index in [2.05, 4.69) is 4.98 Å². The molecule has 1 aromatic heterocycles. The fraction of sp³-hybridized carbons (Fsp3) is 0.312. The van der Waals surface area contributed by atoms with E-state index in [1.54, 1.807) is 13.3 Å². The summed E-state index contributed by atoms with van der Waals surface area (Å²) in [5.74, 6) is 1.66. The minimum absolute atomic E-state index is 0.409. The number of hydrogen-bond acceptors (Lipinski definition) is 4. The molecule has 0 bridgehead atoms. The van der Waals surface area contributed by atoms with Crippen LogP contribution < -0.4 is 15.2 Å². The molecule has 1 heterocycles. The molecule has 0 unspecified atom stereocenters. The monoisotopic (exact) mass is 272 g/mol. The fourth-order valence-electron chi connectivity index (χ4n) is 2.11. The number of benzene rings is 1. The smallest absolute Gasteiger partial charge is 0.131 e. The van der Waals surface area contributed by atoms with Crippen molar-refractivity contribution >= 4 is 5.69 Å². The van der Waals surface area contributed by atoms with Crippen LogP contribution in [0.3, 0.4) is 0 Å². The quantitative estimate of drug-likeness (QED) is 0.868. The average molecular weight is 272 g/mol. The number of aryl methyl sites for hydroxylation is 2. The maximum Gasteiger partial charge on any atom is 0.131 e. The van der Waals surface area contributed by atoms with Gasteiger partial charge in [0.15, 0.2) is 0 Å². The lowest BCUT2D eigenvalue weighted by Crippen LogP contribution is -2.04. The van der Waals surface area contributed by atoms with Gasteiger partial charge in [-0.3, -0.25) is 4.98 Å². The van der Waals surface area contributed by atoms with Crippen LogP contribution in [0.5, 0.6) is 11.5 Å². The van der Waals surface area contributed by atoms with E-state index in [4.69, 9.17) is 15.2 Å². The van der Waals surface area contributed by atoms with Gasteiger partial charge in [0, 0.05) is 23.0 Å². The number of pyridine rings is 1. The Bertz CT molecular complexity index is 624. The van der Waals surface area contributed by atoms with Crippen LogP contribution in [-0.4, -0.2) is 12.1 Å². The van der Waals surface area contributed by atoms with Gasteiger partial charge in [-0.1, -0.05) is 0 Å². The number of nitrogen functional groups attached to an aromatic ring is 1. The standard InChI is InChI=1S/C16H20N2O2/c1-10-7-13(5-6-14(10)17)20-9-15-12(3)16(19-4)11(2)8-18-15/h5-8H,9,17H2,1-4H3. The Kier molecular flexibility index (Phi) is 4.13. The van der Waals surface area contributed by atoms with Gasteiger partial charge in [0.05, 0.1) is 12.8 Å². The lowest BCUT2D eigenvalue weighted by molar-refractivity contribution is 0.298. The summed E-state index contributed by atoms with van der Waals surface area (Å²) in [5, 5.41) is 0. The van der Waals surface area contributed by atoms with E-state index in [0.717, 1.165) is 39.6 Å². The Balaban J connectivity index is 2.16. The van der Waals surface area contributed by atoms with Gasteiger partial charge < -0.3 is 15.2 Å². The molecule has 0 fully saturated rings. The highest BCUT2D eigenvalue weighted by Gasteiger charge is 2.10. The first kappa shape index (κ1) is 14.2. The molecule has 1 aromatic carbocycles. The summed E-state index contributed by atoms with van der Waals surface area (Å²) in [6.45, 7) is 6.34. The minimum atomic E-state index is 0.409. The molecule has 0 aliphatic heterocycles. The van der Waals surface area contributed by atoms with Gasteiger partial charge in [0.2, 0.25) is 0 Å². The van der Waals surface area contributed by atoms with E-state index in [9.17, 15) is 0 Å². The zero-order chi connectivity index (χ0) is 14.7. The molecule has 0 saturated carbocycles. The molecule has 4 nitrogen and oxygen atoms in total. The highest BCUT2D eigenvalue weighted by Crippen LogP contribution is 2.25. The molecule has 2 aromatic rings. The maximum absolute atomic E-state index is 5.79. The van der Waals surface area contributed by atoms with Crippen LogP contribution in [0.15, 0.2) is 24.4 Å². The molecule has 0 amide bonds. The molecule has 20 heavy (non-hydrogen) atoms. The molecule has 0 radical (unpaired) electrons. The molecular weight excluding hydrogens is 252 g/mol. The Morgan fingerprint density at radius 1 is 1.15 bits per heavy atom. The summed E-state index contributed by atoms with van der Waals surface area (Å²) in [7, 11) is 1.67. The number of rotatable bonds is 4. The van der Waals surface area contributed by atoms with E-state index in [1.807, 2.05) is 39.0 Å². The van der Waals surface area contributed by atoms with Crippen molar-refractivity contribution in [1.29, 1.82) is 0 Å². The van der Waals surface area contributed by atoms with Gasteiger partial charge in [0.1, 0.15) is 18.1 Å². The van der Waals surface area contributed by atoms with Gasteiger partial charge in [-0.15, -0.1) is 0 Å². The second-order valence-electron chi connectivity index (χ2n) is 4.85. The molecule has 106 valence electrons. The number of ether oxygens (including phenoxy) is 2. The van der Waals surface area contributed by atoms with E-state index in [-0.39, 0.29) is 0 Å². The van der Waals surface area contributed by atoms with Gasteiger partial charge in [0.25, 0.3) is 0 Å². The van der Waals surface area contributed by atoms with Crippen molar-refractivity contribution in [3.05, 3.63) is 46.8 Å². The number of aromatic nitrogens is 1. The molecule has 0 atom stereocenters. The second kappa shape index (κ2) is 5.82. The highest BCUT2D eigenvalue weighted by atomic mass is 16.5. The number of nitrogens with two attached hydrogens (primary N) is 1. The summed E-state index contributed by atoms with van der Waals surface area (Å²) in [4.78, 5) is 4.41. The van der Waals surface area contributed by atoms with Crippen molar-refractivity contribution in [2.75, 3.05) is 12.8 Å². The van der Waals surface area contributed by atoms with Gasteiger partial charge >= 0.3 is 0 Å². The van der Waals surface area contributed by atoms with Crippen molar-refractivity contribution in [2.45, 2.75) is 27.4 Å². The summed E-state index contributed by atoms with van der Waals surface area (Å²) in [5.41, 5.74) is 10.5. The second-order valence-corrected chi connectivity index (χ2v) is 4.85. The number of anilines is 1. The van der Waals surface area contributed by atoms with Crippen LogP contribution in [0.25, 0.3) is 0 Å². The van der Waals surface area contributed by atoms with Crippen molar-refractivity contribution < 1.29 is 9.47 Å². The van der Waals surface area contributed by atoms with Crippen LogP contribution in [0.4, 0.5) is 5.69 Å². The SMILES string of the molecule is COc1c(C)cnc(COc2ccc(N)c(C)c2)c1C.